The predicted molar refractivity (Wildman–Crippen MR) is 102 cm³/mol. The summed E-state index contributed by atoms with van der Waals surface area (Å²) >= 11 is 0. The molecule has 0 saturated carbocycles. The van der Waals surface area contributed by atoms with Crippen LogP contribution in [0.5, 0.6) is 17.2 Å². The molecule has 8 heteroatoms. The van der Waals surface area contributed by atoms with Crippen LogP contribution in [-0.2, 0) is 0 Å². The van der Waals surface area contributed by atoms with Gasteiger partial charge in [-0.2, -0.15) is 5.10 Å². The monoisotopic (exact) mass is 369 g/mol. The fourth-order valence-electron chi connectivity index (χ4n) is 3.82. The second-order valence-corrected chi connectivity index (χ2v) is 6.54. The minimum Gasteiger partial charge on any atom is -0.493 e. The average molecular weight is 369 g/mol. The smallest absolute Gasteiger partial charge is 0.205 e. The Morgan fingerprint density at radius 2 is 1.96 bits per heavy atom. The van der Waals surface area contributed by atoms with Crippen LogP contribution in [0.25, 0.3) is 10.9 Å². The van der Waals surface area contributed by atoms with Crippen molar-refractivity contribution in [2.75, 3.05) is 39.3 Å². The standard InChI is InChI=1S/C19H23N5O3/c1-25-15-9-13-16(18(27-3)17(15)26-2)20-11-21-19(13)24-8-4-5-12(10-24)14-6-7-22-23-14/h6-7,9,11-12H,4-5,8,10H2,1-3H3,(H,22,23). The number of benzene rings is 1. The molecule has 1 saturated heterocycles. The fourth-order valence-corrected chi connectivity index (χ4v) is 3.82. The van der Waals surface area contributed by atoms with Crippen LogP contribution >= 0.6 is 0 Å². The summed E-state index contributed by atoms with van der Waals surface area (Å²) in [5, 5.41) is 8.08. The number of anilines is 1. The lowest BCUT2D eigenvalue weighted by atomic mass is 9.94. The highest BCUT2D eigenvalue weighted by Crippen LogP contribution is 2.44. The molecular weight excluding hydrogens is 346 g/mol. The molecule has 142 valence electrons. The number of rotatable bonds is 5. The molecule has 1 fully saturated rings. The largest absolute Gasteiger partial charge is 0.493 e. The van der Waals surface area contributed by atoms with Gasteiger partial charge < -0.3 is 19.1 Å². The van der Waals surface area contributed by atoms with E-state index in [-0.39, 0.29) is 0 Å². The first-order chi connectivity index (χ1) is 13.3. The lowest BCUT2D eigenvalue weighted by Gasteiger charge is -2.33. The van der Waals surface area contributed by atoms with Crippen LogP contribution in [0.15, 0.2) is 24.7 Å². The van der Waals surface area contributed by atoms with Gasteiger partial charge in [-0.1, -0.05) is 0 Å². The summed E-state index contributed by atoms with van der Waals surface area (Å²) in [5.41, 5.74) is 1.87. The van der Waals surface area contributed by atoms with Gasteiger partial charge in [0.15, 0.2) is 11.5 Å². The molecule has 0 amide bonds. The van der Waals surface area contributed by atoms with Crippen molar-refractivity contribution in [3.63, 3.8) is 0 Å². The van der Waals surface area contributed by atoms with E-state index in [0.29, 0.717) is 28.7 Å². The van der Waals surface area contributed by atoms with E-state index in [1.165, 1.54) is 0 Å². The number of nitrogens with zero attached hydrogens (tertiary/aromatic N) is 4. The molecule has 0 bridgehead atoms. The van der Waals surface area contributed by atoms with E-state index in [2.05, 4.69) is 25.1 Å². The molecule has 1 atom stereocenters. The lowest BCUT2D eigenvalue weighted by molar-refractivity contribution is 0.327. The Hall–Kier alpha value is -3.03. The molecule has 1 aliphatic heterocycles. The van der Waals surface area contributed by atoms with Gasteiger partial charge in [0.2, 0.25) is 5.75 Å². The average Bonchev–Trinajstić information content (AvgIpc) is 3.26. The summed E-state index contributed by atoms with van der Waals surface area (Å²) in [6.45, 7) is 1.80. The number of aromatic nitrogens is 4. The zero-order valence-corrected chi connectivity index (χ0v) is 15.7. The highest BCUT2D eigenvalue weighted by atomic mass is 16.5. The molecule has 8 nitrogen and oxygen atoms in total. The van der Waals surface area contributed by atoms with E-state index in [1.807, 2.05) is 12.1 Å². The van der Waals surface area contributed by atoms with Crippen molar-refractivity contribution in [1.82, 2.24) is 20.2 Å². The zero-order valence-electron chi connectivity index (χ0n) is 15.7. The van der Waals surface area contributed by atoms with Crippen LogP contribution in [0, 0.1) is 0 Å². The van der Waals surface area contributed by atoms with E-state index in [9.17, 15) is 0 Å². The number of hydrogen-bond donors (Lipinski definition) is 1. The summed E-state index contributed by atoms with van der Waals surface area (Å²) in [6.07, 6.45) is 5.59. The topological polar surface area (TPSA) is 85.4 Å². The number of H-pyrrole nitrogens is 1. The second-order valence-electron chi connectivity index (χ2n) is 6.54. The van der Waals surface area contributed by atoms with E-state index < -0.39 is 0 Å². The van der Waals surface area contributed by atoms with Crippen LogP contribution in [0.1, 0.15) is 24.5 Å². The summed E-state index contributed by atoms with van der Waals surface area (Å²) < 4.78 is 16.6. The third-order valence-corrected chi connectivity index (χ3v) is 5.09. The fraction of sp³-hybridized carbons (Fsp3) is 0.421. The minimum atomic E-state index is 0.397. The molecule has 0 aliphatic carbocycles. The van der Waals surface area contributed by atoms with Gasteiger partial charge in [0, 0.05) is 30.9 Å². The van der Waals surface area contributed by atoms with Crippen molar-refractivity contribution in [3.8, 4) is 17.2 Å². The highest BCUT2D eigenvalue weighted by Gasteiger charge is 2.26. The quantitative estimate of drug-likeness (QED) is 0.740. The van der Waals surface area contributed by atoms with Crippen LogP contribution in [0.2, 0.25) is 0 Å². The molecule has 27 heavy (non-hydrogen) atoms. The van der Waals surface area contributed by atoms with Gasteiger partial charge in [0.25, 0.3) is 0 Å². The summed E-state index contributed by atoms with van der Waals surface area (Å²) in [6, 6.07) is 3.97. The molecule has 1 aliphatic rings. The highest BCUT2D eigenvalue weighted by molar-refractivity contribution is 5.97. The van der Waals surface area contributed by atoms with E-state index in [4.69, 9.17) is 14.2 Å². The Kier molecular flexibility index (Phi) is 4.70. The predicted octanol–water partition coefficient (Wildman–Crippen LogP) is 2.76. The maximum Gasteiger partial charge on any atom is 0.205 e. The molecule has 3 aromatic rings. The summed E-state index contributed by atoms with van der Waals surface area (Å²) in [5.74, 6) is 2.96. The number of methoxy groups -OCH3 is 3. The Labute approximate surface area is 157 Å². The van der Waals surface area contributed by atoms with Crippen molar-refractivity contribution in [2.24, 2.45) is 0 Å². The molecular formula is C19H23N5O3. The third kappa shape index (κ3) is 3.01. The van der Waals surface area contributed by atoms with Crippen LogP contribution in [0.3, 0.4) is 0 Å². The molecule has 1 unspecified atom stereocenters. The SMILES string of the molecule is COc1cc2c(N3CCCC(c4ccn[nH]4)C3)ncnc2c(OC)c1OC. The van der Waals surface area contributed by atoms with Gasteiger partial charge >= 0.3 is 0 Å². The van der Waals surface area contributed by atoms with Gasteiger partial charge in [-0.15, -0.1) is 0 Å². The molecule has 1 aromatic carbocycles. The molecule has 0 spiro atoms. The van der Waals surface area contributed by atoms with Crippen LogP contribution in [-0.4, -0.2) is 54.6 Å². The maximum atomic E-state index is 5.59. The second kappa shape index (κ2) is 7.30. The van der Waals surface area contributed by atoms with Crippen molar-refractivity contribution in [1.29, 1.82) is 0 Å². The summed E-state index contributed by atoms with van der Waals surface area (Å²) in [4.78, 5) is 11.3. The molecule has 2 aromatic heterocycles. The molecule has 1 N–H and O–H groups in total. The van der Waals surface area contributed by atoms with Crippen molar-refractivity contribution >= 4 is 16.7 Å². The number of hydrogen-bond acceptors (Lipinski definition) is 7. The lowest BCUT2D eigenvalue weighted by Crippen LogP contribution is -2.35. The summed E-state index contributed by atoms with van der Waals surface area (Å²) in [7, 11) is 4.81. The van der Waals surface area contributed by atoms with Gasteiger partial charge in [-0.3, -0.25) is 5.10 Å². The Morgan fingerprint density at radius 1 is 1.11 bits per heavy atom. The van der Waals surface area contributed by atoms with Crippen LogP contribution < -0.4 is 19.1 Å². The maximum absolute atomic E-state index is 5.59. The third-order valence-electron chi connectivity index (χ3n) is 5.09. The number of fused-ring (bicyclic) bond motifs is 1. The number of piperidine rings is 1. The van der Waals surface area contributed by atoms with E-state index >= 15 is 0 Å². The van der Waals surface area contributed by atoms with Gasteiger partial charge in [-0.05, 0) is 25.0 Å². The first-order valence-electron chi connectivity index (χ1n) is 8.94. The van der Waals surface area contributed by atoms with Gasteiger partial charge in [0.05, 0.1) is 26.7 Å². The van der Waals surface area contributed by atoms with Crippen molar-refractivity contribution < 1.29 is 14.2 Å². The van der Waals surface area contributed by atoms with Crippen LogP contribution in [0.4, 0.5) is 5.82 Å². The van der Waals surface area contributed by atoms with E-state index in [0.717, 1.165) is 42.8 Å². The number of aromatic amines is 1. The van der Waals surface area contributed by atoms with Crippen molar-refractivity contribution in [2.45, 2.75) is 18.8 Å². The first-order valence-corrected chi connectivity index (χ1v) is 8.94. The normalized spacial score (nSPS) is 17.1. The van der Waals surface area contributed by atoms with Gasteiger partial charge in [0.1, 0.15) is 17.7 Å². The minimum absolute atomic E-state index is 0.397. The molecule has 0 radical (unpaired) electrons. The Bertz CT molecular complexity index is 929. The molecule has 3 heterocycles. The molecule has 4 rings (SSSR count). The van der Waals surface area contributed by atoms with E-state index in [1.54, 1.807) is 33.9 Å². The van der Waals surface area contributed by atoms with Crippen molar-refractivity contribution in [3.05, 3.63) is 30.4 Å². The zero-order chi connectivity index (χ0) is 18.8. The number of ether oxygens (including phenoxy) is 3. The number of nitrogens with one attached hydrogen (secondary N) is 1. The van der Waals surface area contributed by atoms with Gasteiger partial charge in [-0.25, -0.2) is 9.97 Å². The first kappa shape index (κ1) is 17.4. The Morgan fingerprint density at radius 3 is 2.67 bits per heavy atom. The Balaban J connectivity index is 1.80.